The summed E-state index contributed by atoms with van der Waals surface area (Å²) in [7, 11) is -3.78. The van der Waals surface area contributed by atoms with Gasteiger partial charge in [0.05, 0.1) is 4.90 Å². The highest BCUT2D eigenvalue weighted by Crippen LogP contribution is 2.19. The molecule has 5 nitrogen and oxygen atoms in total. The van der Waals surface area contributed by atoms with E-state index in [4.69, 9.17) is 5.14 Å². The van der Waals surface area contributed by atoms with E-state index >= 15 is 0 Å². The molecule has 0 saturated heterocycles. The Labute approximate surface area is 113 Å². The fourth-order valence-corrected chi connectivity index (χ4v) is 2.90. The first-order valence-corrected chi connectivity index (χ1v) is 7.87. The molecule has 0 radical (unpaired) electrons. The highest BCUT2D eigenvalue weighted by molar-refractivity contribution is 7.89. The van der Waals surface area contributed by atoms with Crippen LogP contribution in [0, 0.1) is 6.92 Å². The number of aryl methyl sites for hydroxylation is 1. The van der Waals surface area contributed by atoms with E-state index in [1.54, 1.807) is 13.0 Å². The molecule has 0 aromatic heterocycles. The second kappa shape index (κ2) is 5.30. The van der Waals surface area contributed by atoms with Crippen LogP contribution >= 0.6 is 0 Å². The zero-order valence-electron chi connectivity index (χ0n) is 10.8. The SMILES string of the molecule is Cc1ccc(S(N)(=O)=O)cc1C(=O)NC1CCCC1. The van der Waals surface area contributed by atoms with E-state index in [2.05, 4.69) is 5.32 Å². The number of rotatable bonds is 3. The molecule has 0 atom stereocenters. The summed E-state index contributed by atoms with van der Waals surface area (Å²) in [6.07, 6.45) is 4.22. The van der Waals surface area contributed by atoms with Gasteiger partial charge in [-0.25, -0.2) is 13.6 Å². The van der Waals surface area contributed by atoms with Gasteiger partial charge in [-0.1, -0.05) is 18.9 Å². The minimum Gasteiger partial charge on any atom is -0.349 e. The number of carbonyl (C=O) groups is 1. The number of hydrogen-bond acceptors (Lipinski definition) is 3. The molecular formula is C13H18N2O3S. The fraction of sp³-hybridized carbons (Fsp3) is 0.462. The molecule has 1 amide bonds. The zero-order valence-corrected chi connectivity index (χ0v) is 11.7. The van der Waals surface area contributed by atoms with Crippen molar-refractivity contribution >= 4 is 15.9 Å². The van der Waals surface area contributed by atoms with Crippen LogP contribution in [0.5, 0.6) is 0 Å². The molecule has 1 aromatic rings. The van der Waals surface area contributed by atoms with Crippen LogP contribution in [0.1, 0.15) is 41.6 Å². The Bertz CT molecular complexity index is 590. The summed E-state index contributed by atoms with van der Waals surface area (Å²) in [5.41, 5.74) is 1.11. The van der Waals surface area contributed by atoms with Crippen molar-refractivity contribution in [1.82, 2.24) is 5.32 Å². The molecule has 0 heterocycles. The maximum absolute atomic E-state index is 12.2. The minimum absolute atomic E-state index is 0.0327. The Balaban J connectivity index is 2.25. The third-order valence-corrected chi connectivity index (χ3v) is 4.38. The molecule has 0 bridgehead atoms. The van der Waals surface area contributed by atoms with E-state index in [0.29, 0.717) is 5.56 Å². The molecule has 6 heteroatoms. The third kappa shape index (κ3) is 3.33. The molecule has 2 rings (SSSR count). The second-order valence-electron chi connectivity index (χ2n) is 4.98. The molecule has 0 spiro atoms. The van der Waals surface area contributed by atoms with Crippen molar-refractivity contribution < 1.29 is 13.2 Å². The third-order valence-electron chi connectivity index (χ3n) is 3.47. The molecule has 104 valence electrons. The van der Waals surface area contributed by atoms with Crippen LogP contribution in [0.15, 0.2) is 23.1 Å². The maximum atomic E-state index is 12.2. The molecule has 0 unspecified atom stereocenters. The van der Waals surface area contributed by atoms with E-state index in [0.717, 1.165) is 31.2 Å². The summed E-state index contributed by atoms with van der Waals surface area (Å²) in [6.45, 7) is 1.77. The van der Waals surface area contributed by atoms with E-state index in [-0.39, 0.29) is 16.8 Å². The Morgan fingerprint density at radius 1 is 1.32 bits per heavy atom. The standard InChI is InChI=1S/C13H18N2O3S/c1-9-6-7-11(19(14,17)18)8-12(9)13(16)15-10-4-2-3-5-10/h6-8,10H,2-5H2,1H3,(H,15,16)(H2,14,17,18). The first-order valence-electron chi connectivity index (χ1n) is 6.32. The van der Waals surface area contributed by atoms with Gasteiger partial charge in [0, 0.05) is 11.6 Å². The molecule has 3 N–H and O–H groups in total. The number of hydrogen-bond donors (Lipinski definition) is 2. The topological polar surface area (TPSA) is 89.3 Å². The lowest BCUT2D eigenvalue weighted by Gasteiger charge is -2.13. The van der Waals surface area contributed by atoms with Crippen LogP contribution < -0.4 is 10.5 Å². The number of carbonyl (C=O) groups excluding carboxylic acids is 1. The Morgan fingerprint density at radius 3 is 2.53 bits per heavy atom. The van der Waals surface area contributed by atoms with Gasteiger partial charge in [-0.05, 0) is 37.5 Å². The molecule has 1 aliphatic carbocycles. The van der Waals surface area contributed by atoms with Crippen molar-refractivity contribution in [3.05, 3.63) is 29.3 Å². The van der Waals surface area contributed by atoms with E-state index in [1.807, 2.05) is 0 Å². The van der Waals surface area contributed by atoms with Gasteiger partial charge in [-0.15, -0.1) is 0 Å². The van der Waals surface area contributed by atoms with Gasteiger partial charge < -0.3 is 5.32 Å². The van der Waals surface area contributed by atoms with Crippen LogP contribution in [0.3, 0.4) is 0 Å². The van der Waals surface area contributed by atoms with Crippen molar-refractivity contribution in [2.24, 2.45) is 5.14 Å². The normalized spacial score (nSPS) is 16.5. The van der Waals surface area contributed by atoms with Gasteiger partial charge in [-0.3, -0.25) is 4.79 Å². The summed E-state index contributed by atoms with van der Waals surface area (Å²) in [4.78, 5) is 12.1. The Kier molecular flexibility index (Phi) is 3.91. The first-order chi connectivity index (χ1) is 8.88. The zero-order chi connectivity index (χ0) is 14.0. The van der Waals surface area contributed by atoms with Gasteiger partial charge in [-0.2, -0.15) is 0 Å². The average Bonchev–Trinajstić information content (AvgIpc) is 2.80. The number of nitrogens with two attached hydrogens (primary N) is 1. The highest BCUT2D eigenvalue weighted by Gasteiger charge is 2.20. The van der Waals surface area contributed by atoms with Crippen LogP contribution in [0.2, 0.25) is 0 Å². The van der Waals surface area contributed by atoms with E-state index < -0.39 is 10.0 Å². The van der Waals surface area contributed by atoms with Crippen LogP contribution in [-0.4, -0.2) is 20.4 Å². The summed E-state index contributed by atoms with van der Waals surface area (Å²) >= 11 is 0. The molecule has 1 aromatic carbocycles. The number of benzene rings is 1. The van der Waals surface area contributed by atoms with Crippen LogP contribution in [-0.2, 0) is 10.0 Å². The summed E-state index contributed by atoms with van der Waals surface area (Å²) in [6, 6.07) is 4.56. The quantitative estimate of drug-likeness (QED) is 0.876. The lowest BCUT2D eigenvalue weighted by Crippen LogP contribution is -2.33. The number of sulfonamides is 1. The molecular weight excluding hydrogens is 264 g/mol. The van der Waals surface area contributed by atoms with Crippen molar-refractivity contribution in [3.8, 4) is 0 Å². The lowest BCUT2D eigenvalue weighted by molar-refractivity contribution is 0.0937. The molecule has 1 saturated carbocycles. The predicted octanol–water partition coefficient (Wildman–Crippen LogP) is 1.31. The molecule has 1 fully saturated rings. The summed E-state index contributed by atoms with van der Waals surface area (Å²) < 4.78 is 22.6. The summed E-state index contributed by atoms with van der Waals surface area (Å²) in [5, 5.41) is 8.02. The maximum Gasteiger partial charge on any atom is 0.251 e. The monoisotopic (exact) mass is 282 g/mol. The van der Waals surface area contributed by atoms with Gasteiger partial charge >= 0.3 is 0 Å². The average molecular weight is 282 g/mol. The van der Waals surface area contributed by atoms with Crippen molar-refractivity contribution in [1.29, 1.82) is 0 Å². The van der Waals surface area contributed by atoms with Gasteiger partial charge in [0.15, 0.2) is 0 Å². The summed E-state index contributed by atoms with van der Waals surface area (Å²) in [5.74, 6) is -0.227. The fourth-order valence-electron chi connectivity index (χ4n) is 2.36. The Morgan fingerprint density at radius 2 is 1.95 bits per heavy atom. The van der Waals surface area contributed by atoms with Crippen molar-refractivity contribution in [3.63, 3.8) is 0 Å². The van der Waals surface area contributed by atoms with E-state index in [1.165, 1.54) is 12.1 Å². The highest BCUT2D eigenvalue weighted by atomic mass is 32.2. The minimum atomic E-state index is -3.78. The van der Waals surface area contributed by atoms with Gasteiger partial charge in [0.1, 0.15) is 0 Å². The predicted molar refractivity (Wildman–Crippen MR) is 72.3 cm³/mol. The molecule has 19 heavy (non-hydrogen) atoms. The Hall–Kier alpha value is -1.40. The van der Waals surface area contributed by atoms with Crippen LogP contribution in [0.4, 0.5) is 0 Å². The molecule has 0 aliphatic heterocycles. The van der Waals surface area contributed by atoms with Gasteiger partial charge in [0.25, 0.3) is 5.91 Å². The lowest BCUT2D eigenvalue weighted by atomic mass is 10.1. The van der Waals surface area contributed by atoms with Crippen molar-refractivity contribution in [2.75, 3.05) is 0 Å². The van der Waals surface area contributed by atoms with Crippen molar-refractivity contribution in [2.45, 2.75) is 43.5 Å². The number of amides is 1. The molecule has 1 aliphatic rings. The van der Waals surface area contributed by atoms with Gasteiger partial charge in [0.2, 0.25) is 10.0 Å². The van der Waals surface area contributed by atoms with E-state index in [9.17, 15) is 13.2 Å². The smallest absolute Gasteiger partial charge is 0.251 e. The first kappa shape index (κ1) is 14.0. The largest absolute Gasteiger partial charge is 0.349 e. The number of primary sulfonamides is 1. The van der Waals surface area contributed by atoms with Crippen LogP contribution in [0.25, 0.3) is 0 Å². The second-order valence-corrected chi connectivity index (χ2v) is 6.54. The number of nitrogens with one attached hydrogen (secondary N) is 1.